The molecule has 0 atom stereocenters. The van der Waals surface area contributed by atoms with Crippen LogP contribution in [0.1, 0.15) is 12.5 Å². The fourth-order valence-corrected chi connectivity index (χ4v) is 1.53. The van der Waals surface area contributed by atoms with E-state index in [1.54, 1.807) is 11.3 Å². The summed E-state index contributed by atoms with van der Waals surface area (Å²) in [6, 6.07) is 2.11. The SMILES string of the molecule is C/C(=C\Br)c1ccsc1. The molecule has 0 spiro atoms. The van der Waals surface area contributed by atoms with E-state index in [2.05, 4.69) is 39.7 Å². The number of allylic oxidation sites excluding steroid dienone is 1. The summed E-state index contributed by atoms with van der Waals surface area (Å²) >= 11 is 5.00. The monoisotopic (exact) mass is 202 g/mol. The summed E-state index contributed by atoms with van der Waals surface area (Å²) in [6.45, 7) is 2.08. The molecule has 0 saturated heterocycles. The lowest BCUT2D eigenvalue weighted by atomic mass is 10.2. The Labute approximate surface area is 67.3 Å². The molecule has 0 radical (unpaired) electrons. The molecular formula is C7H7BrS. The van der Waals surface area contributed by atoms with Gasteiger partial charge in [-0.25, -0.2) is 0 Å². The molecule has 48 valence electrons. The molecule has 0 N–H and O–H groups in total. The predicted octanol–water partition coefficient (Wildman–Crippen LogP) is 3.50. The Hall–Kier alpha value is -0.0800. The summed E-state index contributed by atoms with van der Waals surface area (Å²) in [7, 11) is 0. The Morgan fingerprint density at radius 2 is 2.56 bits per heavy atom. The third kappa shape index (κ3) is 1.66. The molecule has 9 heavy (non-hydrogen) atoms. The highest BCUT2D eigenvalue weighted by atomic mass is 79.9. The van der Waals surface area contributed by atoms with Crippen LogP contribution in [0.5, 0.6) is 0 Å². The van der Waals surface area contributed by atoms with Crippen molar-refractivity contribution in [3.05, 3.63) is 27.4 Å². The van der Waals surface area contributed by atoms with Crippen molar-refractivity contribution < 1.29 is 0 Å². The van der Waals surface area contributed by atoms with Crippen molar-refractivity contribution in [2.24, 2.45) is 0 Å². The second-order valence-electron chi connectivity index (χ2n) is 1.80. The summed E-state index contributed by atoms with van der Waals surface area (Å²) in [5.41, 5.74) is 2.58. The summed E-state index contributed by atoms with van der Waals surface area (Å²) < 4.78 is 0. The molecule has 0 bridgehead atoms. The molecular weight excluding hydrogens is 196 g/mol. The number of hydrogen-bond donors (Lipinski definition) is 0. The second kappa shape index (κ2) is 3.18. The Morgan fingerprint density at radius 1 is 1.78 bits per heavy atom. The van der Waals surface area contributed by atoms with E-state index >= 15 is 0 Å². The molecule has 0 unspecified atom stereocenters. The van der Waals surface area contributed by atoms with Gasteiger partial charge < -0.3 is 0 Å². The number of halogens is 1. The standard InChI is InChI=1S/C7H7BrS/c1-6(4-8)7-2-3-9-5-7/h2-5H,1H3/b6-4+. The molecule has 1 rings (SSSR count). The van der Waals surface area contributed by atoms with Crippen LogP contribution in [0.25, 0.3) is 5.57 Å². The van der Waals surface area contributed by atoms with E-state index in [-0.39, 0.29) is 0 Å². The van der Waals surface area contributed by atoms with Gasteiger partial charge in [0.05, 0.1) is 0 Å². The van der Waals surface area contributed by atoms with Gasteiger partial charge >= 0.3 is 0 Å². The topological polar surface area (TPSA) is 0 Å². The minimum atomic E-state index is 1.27. The minimum Gasteiger partial charge on any atom is -0.152 e. The lowest BCUT2D eigenvalue weighted by Crippen LogP contribution is -1.67. The van der Waals surface area contributed by atoms with E-state index in [9.17, 15) is 0 Å². The zero-order chi connectivity index (χ0) is 6.69. The minimum absolute atomic E-state index is 1.27. The van der Waals surface area contributed by atoms with Crippen molar-refractivity contribution in [2.75, 3.05) is 0 Å². The maximum atomic E-state index is 3.28. The van der Waals surface area contributed by atoms with E-state index < -0.39 is 0 Å². The Kier molecular flexibility index (Phi) is 2.49. The maximum Gasteiger partial charge on any atom is -0.00179 e. The first kappa shape index (κ1) is 7.03. The normalized spacial score (nSPS) is 12.0. The van der Waals surface area contributed by atoms with Crippen LogP contribution in [0, 0.1) is 0 Å². The first-order valence-corrected chi connectivity index (χ1v) is 4.50. The van der Waals surface area contributed by atoms with E-state index in [0.717, 1.165) is 0 Å². The molecule has 0 nitrogen and oxygen atoms in total. The average molecular weight is 203 g/mol. The third-order valence-electron chi connectivity index (χ3n) is 1.14. The van der Waals surface area contributed by atoms with Crippen LogP contribution in [0.2, 0.25) is 0 Å². The lowest BCUT2D eigenvalue weighted by Gasteiger charge is -1.89. The largest absolute Gasteiger partial charge is 0.152 e. The molecule has 1 aromatic rings. The van der Waals surface area contributed by atoms with E-state index in [0.29, 0.717) is 0 Å². The summed E-state index contributed by atoms with van der Waals surface area (Å²) in [5.74, 6) is 0. The average Bonchev–Trinajstić information content (AvgIpc) is 2.37. The first-order valence-electron chi connectivity index (χ1n) is 2.64. The highest BCUT2D eigenvalue weighted by molar-refractivity contribution is 9.11. The molecule has 0 aromatic carbocycles. The van der Waals surface area contributed by atoms with Crippen molar-refractivity contribution in [3.63, 3.8) is 0 Å². The molecule has 2 heteroatoms. The van der Waals surface area contributed by atoms with Gasteiger partial charge in [-0.3, -0.25) is 0 Å². The van der Waals surface area contributed by atoms with Crippen molar-refractivity contribution in [3.8, 4) is 0 Å². The molecule has 1 heterocycles. The van der Waals surface area contributed by atoms with Crippen LogP contribution in [-0.2, 0) is 0 Å². The zero-order valence-corrected chi connectivity index (χ0v) is 7.50. The van der Waals surface area contributed by atoms with Crippen LogP contribution in [0.4, 0.5) is 0 Å². The molecule has 1 aromatic heterocycles. The summed E-state index contributed by atoms with van der Waals surface area (Å²) in [6.07, 6.45) is 0. The van der Waals surface area contributed by atoms with Gasteiger partial charge in [0, 0.05) is 0 Å². The highest BCUT2D eigenvalue weighted by Crippen LogP contribution is 2.17. The maximum absolute atomic E-state index is 3.28. The fraction of sp³-hybridized carbons (Fsp3) is 0.143. The Bertz CT molecular complexity index is 199. The smallest absolute Gasteiger partial charge is 0.00179 e. The number of thiophene rings is 1. The van der Waals surface area contributed by atoms with Gasteiger partial charge in [-0.2, -0.15) is 11.3 Å². The molecule has 0 aliphatic rings. The van der Waals surface area contributed by atoms with Crippen LogP contribution in [0.15, 0.2) is 21.8 Å². The Morgan fingerprint density at radius 3 is 3.00 bits per heavy atom. The van der Waals surface area contributed by atoms with Gasteiger partial charge in [-0.1, -0.05) is 15.9 Å². The predicted molar refractivity (Wildman–Crippen MR) is 46.9 cm³/mol. The molecule has 0 fully saturated rings. The summed E-state index contributed by atoms with van der Waals surface area (Å²) in [4.78, 5) is 1.94. The number of hydrogen-bond acceptors (Lipinski definition) is 1. The number of rotatable bonds is 1. The zero-order valence-electron chi connectivity index (χ0n) is 5.10. The van der Waals surface area contributed by atoms with Crippen LogP contribution in [0.3, 0.4) is 0 Å². The van der Waals surface area contributed by atoms with E-state index in [4.69, 9.17) is 0 Å². The van der Waals surface area contributed by atoms with E-state index in [1.165, 1.54) is 11.1 Å². The van der Waals surface area contributed by atoms with Crippen LogP contribution < -0.4 is 0 Å². The second-order valence-corrected chi connectivity index (χ2v) is 3.04. The van der Waals surface area contributed by atoms with Crippen LogP contribution in [-0.4, -0.2) is 0 Å². The van der Waals surface area contributed by atoms with E-state index in [1.807, 2.05) is 4.99 Å². The van der Waals surface area contributed by atoms with Crippen LogP contribution >= 0.6 is 27.3 Å². The van der Waals surface area contributed by atoms with Gasteiger partial charge in [0.25, 0.3) is 0 Å². The van der Waals surface area contributed by atoms with Gasteiger partial charge in [0.15, 0.2) is 0 Å². The van der Waals surface area contributed by atoms with Gasteiger partial charge in [-0.15, -0.1) is 0 Å². The summed E-state index contributed by atoms with van der Waals surface area (Å²) in [5, 5.41) is 4.21. The van der Waals surface area contributed by atoms with Crippen molar-refractivity contribution in [2.45, 2.75) is 6.92 Å². The molecule has 0 saturated carbocycles. The Balaban J connectivity index is 2.90. The van der Waals surface area contributed by atoms with Gasteiger partial charge in [0.1, 0.15) is 0 Å². The van der Waals surface area contributed by atoms with Crippen molar-refractivity contribution >= 4 is 32.8 Å². The fourth-order valence-electron chi connectivity index (χ4n) is 0.552. The van der Waals surface area contributed by atoms with Gasteiger partial charge in [-0.05, 0) is 39.9 Å². The lowest BCUT2D eigenvalue weighted by molar-refractivity contribution is 1.68. The first-order chi connectivity index (χ1) is 4.34. The molecule has 0 amide bonds. The molecule has 0 aliphatic carbocycles. The highest BCUT2D eigenvalue weighted by Gasteiger charge is 1.91. The third-order valence-corrected chi connectivity index (χ3v) is 2.51. The van der Waals surface area contributed by atoms with Gasteiger partial charge in [0.2, 0.25) is 0 Å². The van der Waals surface area contributed by atoms with Crippen molar-refractivity contribution in [1.82, 2.24) is 0 Å². The molecule has 0 aliphatic heterocycles. The van der Waals surface area contributed by atoms with Crippen molar-refractivity contribution in [1.29, 1.82) is 0 Å². The quantitative estimate of drug-likeness (QED) is 0.655.